The monoisotopic (exact) mass is 393 g/mol. The van der Waals surface area contributed by atoms with E-state index in [9.17, 15) is 14.4 Å². The Bertz CT molecular complexity index is 1080. The third-order valence-electron chi connectivity index (χ3n) is 3.97. The van der Waals surface area contributed by atoms with Crippen LogP contribution in [0.1, 0.15) is 47.7 Å². The number of hydrogen-bond acceptors (Lipinski definition) is 7. The third kappa shape index (κ3) is 3.51. The topological polar surface area (TPSA) is 114 Å². The van der Waals surface area contributed by atoms with Crippen molar-refractivity contribution in [2.45, 2.75) is 51.1 Å². The van der Waals surface area contributed by atoms with E-state index in [1.807, 2.05) is 0 Å². The number of carbonyl (C=O) groups excluding carboxylic acids is 1. The molecule has 0 amide bonds. The molecule has 8 nitrogen and oxygen atoms in total. The van der Waals surface area contributed by atoms with Crippen molar-refractivity contribution in [3.63, 3.8) is 0 Å². The molecular weight excluding hydrogens is 374 g/mol. The summed E-state index contributed by atoms with van der Waals surface area (Å²) in [5.74, 6) is 0.784. The van der Waals surface area contributed by atoms with Crippen molar-refractivity contribution in [3.8, 4) is 0 Å². The highest BCUT2D eigenvalue weighted by atomic mass is 32.2. The molecule has 0 saturated carbocycles. The number of unbranched alkanes of at least 4 members (excludes halogenated alkanes) is 1. The van der Waals surface area contributed by atoms with Crippen molar-refractivity contribution in [1.29, 1.82) is 0 Å². The number of Topliss-reactive ketones (excluding diaryl/α,β-unsaturated/α-hetero) is 1. The number of thiophene rings is 1. The van der Waals surface area contributed by atoms with Crippen molar-refractivity contribution >= 4 is 39.1 Å². The molecule has 3 heterocycles. The molecule has 138 valence electrons. The van der Waals surface area contributed by atoms with Gasteiger partial charge in [-0.25, -0.2) is 14.9 Å². The number of fused-ring (bicyclic) bond motifs is 1. The lowest BCUT2D eigenvalue weighted by atomic mass is 10.2. The fourth-order valence-electron chi connectivity index (χ4n) is 2.65. The number of aryl methyl sites for hydroxylation is 1. The second kappa shape index (κ2) is 7.58. The summed E-state index contributed by atoms with van der Waals surface area (Å²) in [6.45, 7) is 5.90. The van der Waals surface area contributed by atoms with Gasteiger partial charge in [-0.3, -0.25) is 14.2 Å². The predicted octanol–water partition coefficient (Wildman–Crippen LogP) is 2.47. The van der Waals surface area contributed by atoms with Crippen LogP contribution in [0.4, 0.5) is 0 Å². The molecule has 0 radical (unpaired) electrons. The summed E-state index contributed by atoms with van der Waals surface area (Å²) in [5.41, 5.74) is 0.182. The lowest BCUT2D eigenvalue weighted by Gasteiger charge is -2.04. The lowest BCUT2D eigenvalue weighted by molar-refractivity contribution is 0.102. The fourth-order valence-corrected chi connectivity index (χ4v) is 4.59. The molecule has 26 heavy (non-hydrogen) atoms. The van der Waals surface area contributed by atoms with Crippen LogP contribution in [0.5, 0.6) is 0 Å². The van der Waals surface area contributed by atoms with Crippen LogP contribution in [0.3, 0.4) is 0 Å². The molecule has 2 N–H and O–H groups in total. The Morgan fingerprint density at radius 3 is 2.81 bits per heavy atom. The van der Waals surface area contributed by atoms with Crippen LogP contribution < -0.4 is 11.2 Å². The van der Waals surface area contributed by atoms with Gasteiger partial charge in [0.1, 0.15) is 10.7 Å². The van der Waals surface area contributed by atoms with Crippen molar-refractivity contribution in [2.24, 2.45) is 0 Å². The van der Waals surface area contributed by atoms with Crippen LogP contribution >= 0.6 is 23.1 Å². The first kappa shape index (κ1) is 18.6. The van der Waals surface area contributed by atoms with Crippen molar-refractivity contribution in [2.75, 3.05) is 0 Å². The largest absolute Gasteiger partial charge is 0.343 e. The van der Waals surface area contributed by atoms with Crippen LogP contribution in [0, 0.1) is 6.92 Å². The molecule has 0 saturated heterocycles. The molecule has 0 bridgehead atoms. The summed E-state index contributed by atoms with van der Waals surface area (Å²) in [6, 6.07) is 0. The zero-order valence-electron chi connectivity index (χ0n) is 14.7. The number of nitrogens with zero attached hydrogens (tertiary/aromatic N) is 3. The Hall–Kier alpha value is -2.20. The summed E-state index contributed by atoms with van der Waals surface area (Å²) in [7, 11) is 0. The molecule has 0 aliphatic heterocycles. The number of aromatic amines is 2. The van der Waals surface area contributed by atoms with Gasteiger partial charge in [-0.2, -0.15) is 0 Å². The van der Waals surface area contributed by atoms with Gasteiger partial charge in [-0.1, -0.05) is 25.1 Å². The summed E-state index contributed by atoms with van der Waals surface area (Å²) in [5, 5.41) is 7.53. The second-order valence-electron chi connectivity index (χ2n) is 5.91. The van der Waals surface area contributed by atoms with E-state index in [1.165, 1.54) is 30.0 Å². The Morgan fingerprint density at radius 1 is 1.35 bits per heavy atom. The zero-order valence-corrected chi connectivity index (χ0v) is 16.3. The highest BCUT2D eigenvalue weighted by molar-refractivity contribution is 7.98. The average Bonchev–Trinajstić information content (AvgIpc) is 3.11. The fraction of sp³-hybridized carbons (Fsp3) is 0.438. The molecule has 3 aromatic heterocycles. The minimum absolute atomic E-state index is 0.0720. The normalized spacial score (nSPS) is 11.3. The third-order valence-corrected chi connectivity index (χ3v) is 6.24. The molecule has 0 aromatic carbocycles. The summed E-state index contributed by atoms with van der Waals surface area (Å²) >= 11 is 2.57. The summed E-state index contributed by atoms with van der Waals surface area (Å²) < 4.78 is 1.59. The maximum atomic E-state index is 12.4. The Kier molecular flexibility index (Phi) is 5.42. The summed E-state index contributed by atoms with van der Waals surface area (Å²) in [6.07, 6.45) is 1.86. The Labute approximate surface area is 157 Å². The molecule has 3 aromatic rings. The summed E-state index contributed by atoms with van der Waals surface area (Å²) in [4.78, 5) is 44.3. The van der Waals surface area contributed by atoms with Gasteiger partial charge >= 0.3 is 5.69 Å². The molecular formula is C16H19N5O3S2. The van der Waals surface area contributed by atoms with E-state index in [0.717, 1.165) is 12.8 Å². The van der Waals surface area contributed by atoms with Gasteiger partial charge in [0.25, 0.3) is 5.56 Å². The number of nitrogens with one attached hydrogen (secondary N) is 2. The first-order chi connectivity index (χ1) is 12.4. The highest BCUT2D eigenvalue weighted by Crippen LogP contribution is 2.28. The van der Waals surface area contributed by atoms with Gasteiger partial charge in [-0.05, 0) is 25.8 Å². The van der Waals surface area contributed by atoms with Crippen LogP contribution in [0.2, 0.25) is 0 Å². The average molecular weight is 393 g/mol. The standard InChI is InChI=1S/C16H19N5O3S2/c1-4-5-6-21-15(24)19-20-16(21)25-7-10-17-13(23)11-8(2)12(9(3)22)26-14(11)18-10/h4-7H2,1-3H3,(H,19,24)(H,17,18,23). The van der Waals surface area contributed by atoms with Crippen LogP contribution in [0.25, 0.3) is 10.2 Å². The molecule has 0 fully saturated rings. The van der Waals surface area contributed by atoms with E-state index in [2.05, 4.69) is 27.1 Å². The van der Waals surface area contributed by atoms with E-state index in [1.54, 1.807) is 11.5 Å². The van der Waals surface area contributed by atoms with Crippen LogP contribution in [0.15, 0.2) is 14.7 Å². The number of aromatic nitrogens is 5. The molecule has 0 aliphatic carbocycles. The number of thioether (sulfide) groups is 1. The molecule has 0 unspecified atom stereocenters. The number of carbonyl (C=O) groups is 1. The number of H-pyrrole nitrogens is 2. The quantitative estimate of drug-likeness (QED) is 0.471. The van der Waals surface area contributed by atoms with E-state index in [-0.39, 0.29) is 17.0 Å². The number of rotatable bonds is 7. The van der Waals surface area contributed by atoms with Gasteiger partial charge in [0.05, 0.1) is 16.0 Å². The van der Waals surface area contributed by atoms with Crippen molar-refractivity contribution in [3.05, 3.63) is 37.1 Å². The van der Waals surface area contributed by atoms with Crippen LogP contribution in [-0.4, -0.2) is 30.5 Å². The lowest BCUT2D eigenvalue weighted by Crippen LogP contribution is -2.17. The minimum atomic E-state index is -0.253. The van der Waals surface area contributed by atoms with E-state index < -0.39 is 0 Å². The zero-order chi connectivity index (χ0) is 18.8. The van der Waals surface area contributed by atoms with E-state index in [0.29, 0.717) is 43.9 Å². The predicted molar refractivity (Wildman–Crippen MR) is 102 cm³/mol. The maximum absolute atomic E-state index is 12.4. The van der Waals surface area contributed by atoms with Gasteiger partial charge in [0.15, 0.2) is 10.9 Å². The first-order valence-electron chi connectivity index (χ1n) is 8.23. The highest BCUT2D eigenvalue weighted by Gasteiger charge is 2.17. The van der Waals surface area contributed by atoms with E-state index >= 15 is 0 Å². The van der Waals surface area contributed by atoms with Gasteiger partial charge in [-0.15, -0.1) is 16.4 Å². The number of ketones is 1. The molecule has 0 aliphatic rings. The molecule has 0 spiro atoms. The Balaban J connectivity index is 1.88. The number of hydrogen-bond donors (Lipinski definition) is 2. The molecule has 3 rings (SSSR count). The smallest absolute Gasteiger partial charge is 0.309 e. The van der Waals surface area contributed by atoms with Crippen molar-refractivity contribution in [1.82, 2.24) is 24.7 Å². The maximum Gasteiger partial charge on any atom is 0.343 e. The van der Waals surface area contributed by atoms with Gasteiger partial charge < -0.3 is 4.98 Å². The molecule has 10 heteroatoms. The van der Waals surface area contributed by atoms with Gasteiger partial charge in [0.2, 0.25) is 0 Å². The minimum Gasteiger partial charge on any atom is -0.309 e. The van der Waals surface area contributed by atoms with Crippen LogP contribution in [-0.2, 0) is 12.3 Å². The second-order valence-corrected chi connectivity index (χ2v) is 7.85. The van der Waals surface area contributed by atoms with Crippen molar-refractivity contribution < 1.29 is 4.79 Å². The Morgan fingerprint density at radius 2 is 2.12 bits per heavy atom. The SMILES string of the molecule is CCCCn1c(SCc2nc3sc(C(C)=O)c(C)c3c(=O)[nH]2)n[nH]c1=O. The molecule has 0 atom stereocenters. The van der Waals surface area contributed by atoms with Gasteiger partial charge in [0, 0.05) is 6.54 Å². The van der Waals surface area contributed by atoms with E-state index in [4.69, 9.17) is 0 Å². The first-order valence-corrected chi connectivity index (χ1v) is 10.0.